The third kappa shape index (κ3) is 4.70. The van der Waals surface area contributed by atoms with Gasteiger partial charge >= 0.3 is 0 Å². The maximum atomic E-state index is 14.2. The van der Waals surface area contributed by atoms with E-state index in [0.29, 0.717) is 33.0 Å². The number of nitrogens with two attached hydrogens (primary N) is 1. The van der Waals surface area contributed by atoms with Gasteiger partial charge in [-0.1, -0.05) is 0 Å². The highest BCUT2D eigenvalue weighted by atomic mass is 32.1. The summed E-state index contributed by atoms with van der Waals surface area (Å²) < 4.78 is 26.1. The lowest BCUT2D eigenvalue weighted by Crippen LogP contribution is -2.48. The number of thiophene rings is 1. The number of likely N-dealkylation sites (tertiary alicyclic amines) is 1. The van der Waals surface area contributed by atoms with Crippen molar-refractivity contribution in [2.45, 2.75) is 44.8 Å². The zero-order chi connectivity index (χ0) is 23.7. The van der Waals surface area contributed by atoms with E-state index in [1.54, 1.807) is 6.07 Å². The first-order chi connectivity index (χ1) is 16.5. The van der Waals surface area contributed by atoms with Gasteiger partial charge in [0.1, 0.15) is 34.6 Å². The number of ether oxygens (including phenoxy) is 2. The molecule has 1 unspecified atom stereocenters. The van der Waals surface area contributed by atoms with E-state index in [1.807, 2.05) is 6.92 Å². The number of aryl methyl sites for hydroxylation is 1. The van der Waals surface area contributed by atoms with Crippen LogP contribution in [0.1, 0.15) is 40.9 Å². The number of primary amides is 1. The van der Waals surface area contributed by atoms with Crippen molar-refractivity contribution >= 4 is 39.0 Å². The number of nitrogens with one attached hydrogen (secondary N) is 1. The molecular formula is C24H28FN5O3S. The smallest absolute Gasteiger partial charge is 0.259 e. The van der Waals surface area contributed by atoms with Gasteiger partial charge < -0.3 is 20.5 Å². The van der Waals surface area contributed by atoms with Crippen LogP contribution in [-0.4, -0.2) is 59.2 Å². The van der Waals surface area contributed by atoms with E-state index in [4.69, 9.17) is 15.2 Å². The topological polar surface area (TPSA) is 103 Å². The van der Waals surface area contributed by atoms with Gasteiger partial charge in [-0.05, 0) is 56.8 Å². The largest absolute Gasteiger partial charge is 0.487 e. The minimum Gasteiger partial charge on any atom is -0.487 e. The minimum atomic E-state index is -0.497. The number of fused-ring (bicyclic) bond motifs is 1. The van der Waals surface area contributed by atoms with E-state index in [9.17, 15) is 9.18 Å². The van der Waals surface area contributed by atoms with Crippen LogP contribution in [-0.2, 0) is 4.74 Å². The number of aromatic nitrogens is 2. The third-order valence-electron chi connectivity index (χ3n) is 6.56. The molecule has 180 valence electrons. The fourth-order valence-corrected chi connectivity index (χ4v) is 5.85. The van der Waals surface area contributed by atoms with Crippen LogP contribution in [0.15, 0.2) is 24.5 Å². The van der Waals surface area contributed by atoms with Crippen molar-refractivity contribution in [3.63, 3.8) is 0 Å². The molecule has 10 heteroatoms. The Balaban J connectivity index is 1.39. The van der Waals surface area contributed by atoms with Gasteiger partial charge in [0, 0.05) is 31.9 Å². The second kappa shape index (κ2) is 9.81. The van der Waals surface area contributed by atoms with E-state index < -0.39 is 5.91 Å². The highest BCUT2D eigenvalue weighted by Crippen LogP contribution is 2.37. The predicted octanol–water partition coefficient (Wildman–Crippen LogP) is 4.00. The Morgan fingerprint density at radius 1 is 1.29 bits per heavy atom. The van der Waals surface area contributed by atoms with E-state index in [-0.39, 0.29) is 11.9 Å². The molecule has 2 fully saturated rings. The zero-order valence-electron chi connectivity index (χ0n) is 19.1. The Bertz CT molecular complexity index is 1200. The van der Waals surface area contributed by atoms with Gasteiger partial charge in [-0.2, -0.15) is 0 Å². The van der Waals surface area contributed by atoms with Crippen molar-refractivity contribution in [1.29, 1.82) is 0 Å². The van der Waals surface area contributed by atoms with Crippen molar-refractivity contribution in [2.24, 2.45) is 5.73 Å². The SMILES string of the molecule is Cc1c(C(N)=O)sc2ncnc(Nc3ccc(F)cc3OC3CCCN(C4CCOCC4)C3)c12. The van der Waals surface area contributed by atoms with Crippen LogP contribution in [0.25, 0.3) is 10.2 Å². The van der Waals surface area contributed by atoms with Crippen LogP contribution in [0.5, 0.6) is 5.75 Å². The number of hydrogen-bond donors (Lipinski definition) is 2. The monoisotopic (exact) mass is 485 g/mol. The van der Waals surface area contributed by atoms with Gasteiger partial charge in [-0.25, -0.2) is 14.4 Å². The van der Waals surface area contributed by atoms with Crippen molar-refractivity contribution in [3.8, 4) is 5.75 Å². The quantitative estimate of drug-likeness (QED) is 0.544. The van der Waals surface area contributed by atoms with E-state index in [1.165, 1.54) is 29.8 Å². The molecule has 1 amide bonds. The lowest BCUT2D eigenvalue weighted by Gasteiger charge is -2.39. The molecule has 3 aromatic rings. The van der Waals surface area contributed by atoms with Gasteiger partial charge in [0.05, 0.1) is 16.0 Å². The molecule has 0 bridgehead atoms. The Morgan fingerprint density at radius 3 is 2.91 bits per heavy atom. The summed E-state index contributed by atoms with van der Waals surface area (Å²) in [5.74, 6) is 0.0978. The normalized spacial score (nSPS) is 19.9. The lowest BCUT2D eigenvalue weighted by molar-refractivity contribution is 0.00225. The maximum absolute atomic E-state index is 14.2. The van der Waals surface area contributed by atoms with Crippen LogP contribution in [0.3, 0.4) is 0 Å². The fraction of sp³-hybridized carbons (Fsp3) is 0.458. The number of amides is 1. The highest BCUT2D eigenvalue weighted by molar-refractivity contribution is 7.20. The number of carbonyl (C=O) groups excluding carboxylic acids is 1. The molecule has 3 N–H and O–H groups in total. The number of hydrogen-bond acceptors (Lipinski definition) is 8. The number of halogens is 1. The van der Waals surface area contributed by atoms with Crippen molar-refractivity contribution in [2.75, 3.05) is 31.6 Å². The third-order valence-corrected chi connectivity index (χ3v) is 7.77. The lowest BCUT2D eigenvalue weighted by atomic mass is 10.0. The van der Waals surface area contributed by atoms with Gasteiger partial charge in [-0.15, -0.1) is 11.3 Å². The van der Waals surface area contributed by atoms with E-state index in [2.05, 4.69) is 20.2 Å². The summed E-state index contributed by atoms with van der Waals surface area (Å²) in [5.41, 5.74) is 6.85. The minimum absolute atomic E-state index is 0.0336. The Kier molecular flexibility index (Phi) is 6.62. The molecule has 2 aliphatic rings. The molecule has 0 spiro atoms. The maximum Gasteiger partial charge on any atom is 0.259 e. The van der Waals surface area contributed by atoms with Crippen LogP contribution in [0.2, 0.25) is 0 Å². The molecule has 0 saturated carbocycles. The molecular weight excluding hydrogens is 457 g/mol. The second-order valence-electron chi connectivity index (χ2n) is 8.81. The fourth-order valence-electron chi connectivity index (χ4n) is 4.85. The summed E-state index contributed by atoms with van der Waals surface area (Å²) in [5, 5.41) is 4.00. The second-order valence-corrected chi connectivity index (χ2v) is 9.81. The molecule has 4 heterocycles. The molecule has 5 rings (SSSR count). The van der Waals surface area contributed by atoms with E-state index >= 15 is 0 Å². The number of rotatable bonds is 6. The van der Waals surface area contributed by atoms with Crippen molar-refractivity contribution < 1.29 is 18.7 Å². The highest BCUT2D eigenvalue weighted by Gasteiger charge is 2.29. The zero-order valence-corrected chi connectivity index (χ0v) is 19.9. The number of nitrogens with zero attached hydrogens (tertiary/aromatic N) is 3. The number of benzene rings is 1. The van der Waals surface area contributed by atoms with E-state index in [0.717, 1.165) is 62.9 Å². The summed E-state index contributed by atoms with van der Waals surface area (Å²) >= 11 is 1.23. The molecule has 1 atom stereocenters. The molecule has 0 radical (unpaired) electrons. The Labute approximate surface area is 201 Å². The van der Waals surface area contributed by atoms with Crippen LogP contribution < -0.4 is 15.8 Å². The average molecular weight is 486 g/mol. The molecule has 8 nitrogen and oxygen atoms in total. The van der Waals surface area contributed by atoms with Gasteiger partial charge in [-0.3, -0.25) is 9.69 Å². The van der Waals surface area contributed by atoms with Gasteiger partial charge in [0.2, 0.25) is 0 Å². The van der Waals surface area contributed by atoms with Gasteiger partial charge in [0.15, 0.2) is 0 Å². The number of piperidine rings is 1. The van der Waals surface area contributed by atoms with Crippen LogP contribution in [0, 0.1) is 12.7 Å². The molecule has 0 aliphatic carbocycles. The average Bonchev–Trinajstić information content (AvgIpc) is 3.19. The summed E-state index contributed by atoms with van der Waals surface area (Å²) in [4.78, 5) is 24.1. The van der Waals surface area contributed by atoms with Gasteiger partial charge in [0.25, 0.3) is 5.91 Å². The van der Waals surface area contributed by atoms with Crippen LogP contribution in [0.4, 0.5) is 15.9 Å². The summed E-state index contributed by atoms with van der Waals surface area (Å²) in [6, 6.07) is 4.95. The van der Waals surface area contributed by atoms with Crippen molar-refractivity contribution in [1.82, 2.24) is 14.9 Å². The summed E-state index contributed by atoms with van der Waals surface area (Å²) in [7, 11) is 0. The van der Waals surface area contributed by atoms with Crippen molar-refractivity contribution in [3.05, 3.63) is 40.8 Å². The summed E-state index contributed by atoms with van der Waals surface area (Å²) in [6.45, 7) is 5.29. The Morgan fingerprint density at radius 2 is 2.12 bits per heavy atom. The first-order valence-electron chi connectivity index (χ1n) is 11.6. The first-order valence-corrected chi connectivity index (χ1v) is 12.4. The standard InChI is InChI=1S/C24H28FN5O3S/c1-14-20-23(27-13-28-24(20)34-21(14)22(26)31)29-18-5-4-15(25)11-19(18)33-17-3-2-8-30(12-17)16-6-9-32-10-7-16/h4-5,11,13,16-17H,2-3,6-10,12H2,1H3,(H2,26,31)(H,27,28,29). The molecule has 2 aliphatic heterocycles. The predicted molar refractivity (Wildman–Crippen MR) is 129 cm³/mol. The number of anilines is 2. The van der Waals surface area contributed by atoms with Crippen LogP contribution >= 0.6 is 11.3 Å². The molecule has 34 heavy (non-hydrogen) atoms. The first kappa shape index (κ1) is 22.9. The Hall–Kier alpha value is -2.82. The molecule has 2 aromatic heterocycles. The number of carbonyl (C=O) groups is 1. The molecule has 1 aromatic carbocycles. The molecule has 2 saturated heterocycles. The summed E-state index contributed by atoms with van der Waals surface area (Å²) in [6.07, 6.45) is 5.43.